The Balaban J connectivity index is 2.10. The Morgan fingerprint density at radius 2 is 2.29 bits per heavy atom. The molecule has 0 amide bonds. The van der Waals surface area contributed by atoms with Crippen molar-refractivity contribution in [3.8, 4) is 0 Å². The lowest BCUT2D eigenvalue weighted by Crippen LogP contribution is -2.42. The van der Waals surface area contributed by atoms with Gasteiger partial charge in [0.15, 0.2) is 0 Å². The van der Waals surface area contributed by atoms with Gasteiger partial charge in [-0.1, -0.05) is 12.1 Å². The van der Waals surface area contributed by atoms with Gasteiger partial charge in [0.25, 0.3) is 0 Å². The Kier molecular flexibility index (Phi) is 2.06. The van der Waals surface area contributed by atoms with E-state index in [4.69, 9.17) is 0 Å². The van der Waals surface area contributed by atoms with Gasteiger partial charge in [-0.15, -0.1) is 12.6 Å². The fourth-order valence-corrected chi connectivity index (χ4v) is 3.19. The van der Waals surface area contributed by atoms with Crippen LogP contribution in [0.4, 0.5) is 0 Å². The minimum absolute atomic E-state index is 0.703. The molecule has 2 unspecified atom stereocenters. The van der Waals surface area contributed by atoms with Crippen LogP contribution in [0.2, 0.25) is 0 Å². The molecule has 0 radical (unpaired) electrons. The van der Waals surface area contributed by atoms with E-state index >= 15 is 0 Å². The highest BCUT2D eigenvalue weighted by molar-refractivity contribution is 7.80. The molecule has 14 heavy (non-hydrogen) atoms. The zero-order valence-electron chi connectivity index (χ0n) is 8.16. The molecule has 0 saturated carbocycles. The van der Waals surface area contributed by atoms with Gasteiger partial charge in [-0.2, -0.15) is 0 Å². The summed E-state index contributed by atoms with van der Waals surface area (Å²) in [7, 11) is 0. The largest absolute Gasteiger partial charge is 0.314 e. The Hall–Kier alpha value is -0.470. The van der Waals surface area contributed by atoms with Crippen LogP contribution in [0.5, 0.6) is 0 Å². The molecule has 1 N–H and O–H groups in total. The summed E-state index contributed by atoms with van der Waals surface area (Å²) in [4.78, 5) is 1.18. The van der Waals surface area contributed by atoms with Crippen molar-refractivity contribution < 1.29 is 0 Å². The summed E-state index contributed by atoms with van der Waals surface area (Å²) in [6, 6.07) is 7.25. The van der Waals surface area contributed by atoms with E-state index in [2.05, 4.69) is 36.1 Å². The smallest absolute Gasteiger partial charge is 0.0114 e. The highest BCUT2D eigenvalue weighted by Crippen LogP contribution is 2.38. The number of fused-ring (bicyclic) bond motifs is 4. The van der Waals surface area contributed by atoms with Crippen LogP contribution in [0.25, 0.3) is 0 Å². The number of thiol groups is 1. The normalized spacial score (nSPS) is 29.8. The first-order chi connectivity index (χ1) is 6.84. The van der Waals surface area contributed by atoms with Gasteiger partial charge in [-0.25, -0.2) is 0 Å². The van der Waals surface area contributed by atoms with Crippen LogP contribution in [-0.2, 0) is 6.42 Å². The van der Waals surface area contributed by atoms with Gasteiger partial charge in [0, 0.05) is 10.9 Å². The number of nitrogens with one attached hydrogen (secondary N) is 1. The van der Waals surface area contributed by atoms with Crippen molar-refractivity contribution in [2.75, 3.05) is 6.54 Å². The van der Waals surface area contributed by atoms with Gasteiger partial charge in [0.05, 0.1) is 0 Å². The lowest BCUT2D eigenvalue weighted by molar-refractivity contribution is 0.336. The third-order valence-corrected chi connectivity index (χ3v) is 3.99. The van der Waals surface area contributed by atoms with E-state index in [1.54, 1.807) is 5.56 Å². The molecule has 0 aromatic heterocycles. The number of hydrogen-bond donors (Lipinski definition) is 2. The van der Waals surface area contributed by atoms with Crippen LogP contribution < -0.4 is 5.32 Å². The maximum Gasteiger partial charge on any atom is 0.0114 e. The minimum Gasteiger partial charge on any atom is -0.314 e. The summed E-state index contributed by atoms with van der Waals surface area (Å²) in [6.45, 7) is 1.19. The molecule has 1 aromatic carbocycles. The summed E-state index contributed by atoms with van der Waals surface area (Å²) in [5.41, 5.74) is 3.06. The van der Waals surface area contributed by atoms with Crippen LogP contribution in [0.15, 0.2) is 23.1 Å². The fourth-order valence-electron chi connectivity index (χ4n) is 2.89. The van der Waals surface area contributed by atoms with E-state index in [0.717, 1.165) is 5.92 Å². The molecule has 2 atom stereocenters. The van der Waals surface area contributed by atoms with Gasteiger partial charge in [0.1, 0.15) is 0 Å². The average molecular weight is 205 g/mol. The first kappa shape index (κ1) is 8.81. The van der Waals surface area contributed by atoms with Crippen molar-refractivity contribution in [2.24, 2.45) is 0 Å². The second kappa shape index (κ2) is 3.28. The van der Waals surface area contributed by atoms with Crippen molar-refractivity contribution in [3.05, 3.63) is 29.3 Å². The van der Waals surface area contributed by atoms with Crippen LogP contribution in [-0.4, -0.2) is 12.6 Å². The standard InChI is InChI=1S/C12H15NS/c14-12-3-1-2-10-8-4-5-13-9(6-8)7-11(10)12/h1-3,8-9,13-14H,4-7H2. The highest BCUT2D eigenvalue weighted by Gasteiger charge is 2.30. The molecule has 1 nitrogen and oxygen atoms in total. The van der Waals surface area contributed by atoms with E-state index in [1.165, 1.54) is 36.3 Å². The third-order valence-electron chi connectivity index (χ3n) is 3.57. The van der Waals surface area contributed by atoms with Crippen LogP contribution >= 0.6 is 12.6 Å². The predicted molar refractivity (Wildman–Crippen MR) is 61.2 cm³/mol. The quantitative estimate of drug-likeness (QED) is 0.620. The van der Waals surface area contributed by atoms with E-state index in [-0.39, 0.29) is 0 Å². The molecule has 2 heteroatoms. The predicted octanol–water partition coefficient (Wildman–Crippen LogP) is 2.37. The second-order valence-electron chi connectivity index (χ2n) is 4.42. The molecule has 2 bridgehead atoms. The molecule has 1 aliphatic heterocycles. The molecule has 1 saturated heterocycles. The molecule has 1 heterocycles. The third kappa shape index (κ3) is 1.29. The first-order valence-electron chi connectivity index (χ1n) is 5.39. The summed E-state index contributed by atoms with van der Waals surface area (Å²) in [5, 5.41) is 3.58. The average Bonchev–Trinajstić information content (AvgIpc) is 2.20. The second-order valence-corrected chi connectivity index (χ2v) is 4.90. The fraction of sp³-hybridized carbons (Fsp3) is 0.500. The van der Waals surface area contributed by atoms with Crippen LogP contribution in [0, 0.1) is 0 Å². The van der Waals surface area contributed by atoms with Crippen molar-refractivity contribution >= 4 is 12.6 Å². The molecule has 1 aromatic rings. The number of piperidine rings is 1. The van der Waals surface area contributed by atoms with Crippen molar-refractivity contribution in [1.29, 1.82) is 0 Å². The minimum atomic E-state index is 0.703. The van der Waals surface area contributed by atoms with Gasteiger partial charge in [-0.05, 0) is 48.9 Å². The van der Waals surface area contributed by atoms with Gasteiger partial charge in [0.2, 0.25) is 0 Å². The van der Waals surface area contributed by atoms with Gasteiger partial charge >= 0.3 is 0 Å². The van der Waals surface area contributed by atoms with Crippen molar-refractivity contribution in [3.63, 3.8) is 0 Å². The topological polar surface area (TPSA) is 12.0 Å². The van der Waals surface area contributed by atoms with Crippen LogP contribution in [0.3, 0.4) is 0 Å². The van der Waals surface area contributed by atoms with Gasteiger partial charge in [-0.3, -0.25) is 0 Å². The molecule has 3 rings (SSSR count). The van der Waals surface area contributed by atoms with Crippen LogP contribution in [0.1, 0.15) is 29.9 Å². The maximum absolute atomic E-state index is 4.55. The lowest BCUT2D eigenvalue weighted by atomic mass is 9.76. The summed E-state index contributed by atoms with van der Waals surface area (Å²) in [5.74, 6) is 0.789. The zero-order valence-corrected chi connectivity index (χ0v) is 9.06. The molecular formula is C12H15NS. The lowest BCUT2D eigenvalue weighted by Gasteiger charge is -2.37. The molecule has 2 aliphatic rings. The molecule has 1 aliphatic carbocycles. The summed E-state index contributed by atoms with van der Waals surface area (Å²) < 4.78 is 0. The number of benzene rings is 1. The van der Waals surface area contributed by atoms with E-state index < -0.39 is 0 Å². The number of rotatable bonds is 0. The monoisotopic (exact) mass is 205 g/mol. The zero-order chi connectivity index (χ0) is 9.54. The summed E-state index contributed by atoms with van der Waals surface area (Å²) >= 11 is 4.55. The van der Waals surface area contributed by atoms with Gasteiger partial charge < -0.3 is 5.32 Å². The van der Waals surface area contributed by atoms with E-state index in [1.807, 2.05) is 0 Å². The van der Waals surface area contributed by atoms with Crippen molar-refractivity contribution in [1.82, 2.24) is 5.32 Å². The number of hydrogen-bond acceptors (Lipinski definition) is 2. The summed E-state index contributed by atoms with van der Waals surface area (Å²) in [6.07, 6.45) is 3.79. The molecular weight excluding hydrogens is 190 g/mol. The molecule has 74 valence electrons. The molecule has 1 fully saturated rings. The van der Waals surface area contributed by atoms with Crippen molar-refractivity contribution in [2.45, 2.75) is 36.1 Å². The van der Waals surface area contributed by atoms with E-state index in [0.29, 0.717) is 6.04 Å². The Bertz CT molecular complexity index is 361. The van der Waals surface area contributed by atoms with E-state index in [9.17, 15) is 0 Å². The SMILES string of the molecule is Sc1cccc2c1CC1CC2CCN1. The maximum atomic E-state index is 4.55. The molecule has 0 spiro atoms. The Labute approximate surface area is 90.3 Å². The highest BCUT2D eigenvalue weighted by atomic mass is 32.1. The Morgan fingerprint density at radius 1 is 1.36 bits per heavy atom. The first-order valence-corrected chi connectivity index (χ1v) is 5.83. The Morgan fingerprint density at radius 3 is 3.21 bits per heavy atom.